The highest BCUT2D eigenvalue weighted by molar-refractivity contribution is 6.33. The maximum Gasteiger partial charge on any atom is 0.229 e. The summed E-state index contributed by atoms with van der Waals surface area (Å²) in [6.45, 7) is 4.31. The molecule has 0 aliphatic heterocycles. The Morgan fingerprint density at radius 2 is 2.23 bits per heavy atom. The summed E-state index contributed by atoms with van der Waals surface area (Å²) in [7, 11) is 0. The molecule has 6 nitrogen and oxygen atoms in total. The molecule has 0 amide bonds. The molecule has 0 aromatic carbocycles. The molecule has 0 spiro atoms. The molecule has 1 saturated carbocycles. The van der Waals surface area contributed by atoms with Gasteiger partial charge in [-0.25, -0.2) is 0 Å². The van der Waals surface area contributed by atoms with E-state index in [1.807, 2.05) is 13.0 Å². The van der Waals surface area contributed by atoms with Crippen LogP contribution < -0.4 is 5.32 Å². The summed E-state index contributed by atoms with van der Waals surface area (Å²) >= 11 is 6.22. The number of aliphatic hydroxyl groups is 1. The molecule has 3 atom stereocenters. The van der Waals surface area contributed by atoms with Crippen LogP contribution in [0.1, 0.15) is 36.2 Å². The Bertz CT molecular complexity index is 661. The molecule has 0 saturated heterocycles. The average Bonchev–Trinajstić information content (AvgIpc) is 3.07. The molecule has 7 heteroatoms. The number of halogens is 1. The van der Waals surface area contributed by atoms with E-state index in [1.54, 1.807) is 13.1 Å². The Hall–Kier alpha value is -1.66. The van der Waals surface area contributed by atoms with Gasteiger partial charge in [-0.3, -0.25) is 4.98 Å². The zero-order valence-corrected chi connectivity index (χ0v) is 13.3. The number of hydrogen-bond donors (Lipinski definition) is 2. The number of aliphatic hydroxyl groups excluding tert-OH is 1. The summed E-state index contributed by atoms with van der Waals surface area (Å²) in [5.41, 5.74) is 1.64. The highest BCUT2D eigenvalue weighted by atomic mass is 35.5. The van der Waals surface area contributed by atoms with Crippen molar-refractivity contribution in [3.8, 4) is 0 Å². The molecule has 1 aliphatic rings. The number of anilines is 1. The van der Waals surface area contributed by atoms with Gasteiger partial charge in [-0.05, 0) is 32.8 Å². The van der Waals surface area contributed by atoms with Crippen LogP contribution in [0.3, 0.4) is 0 Å². The first-order valence-electron chi connectivity index (χ1n) is 7.38. The second kappa shape index (κ2) is 6.22. The lowest BCUT2D eigenvalue weighted by atomic mass is 10.0. The van der Waals surface area contributed by atoms with E-state index in [9.17, 15) is 5.11 Å². The first kappa shape index (κ1) is 15.2. The Kier molecular flexibility index (Phi) is 4.31. The highest BCUT2D eigenvalue weighted by Crippen LogP contribution is 2.38. The zero-order chi connectivity index (χ0) is 15.7. The van der Waals surface area contributed by atoms with Crippen LogP contribution >= 0.6 is 11.6 Å². The maximum atomic E-state index is 10.3. The van der Waals surface area contributed by atoms with Crippen molar-refractivity contribution in [2.75, 3.05) is 11.9 Å². The van der Waals surface area contributed by atoms with E-state index in [1.165, 1.54) is 0 Å². The number of nitrogens with one attached hydrogen (secondary N) is 1. The molecular weight excluding hydrogens is 304 g/mol. The van der Waals surface area contributed by atoms with E-state index >= 15 is 0 Å². The van der Waals surface area contributed by atoms with Crippen LogP contribution in [0.2, 0.25) is 5.02 Å². The van der Waals surface area contributed by atoms with Gasteiger partial charge in [-0.15, -0.1) is 0 Å². The van der Waals surface area contributed by atoms with Crippen LogP contribution in [0.4, 0.5) is 5.69 Å². The summed E-state index contributed by atoms with van der Waals surface area (Å²) in [5.74, 6) is 1.50. The molecule has 0 bridgehead atoms. The zero-order valence-electron chi connectivity index (χ0n) is 12.6. The molecule has 2 aromatic heterocycles. The molecule has 2 N–H and O–H groups in total. The van der Waals surface area contributed by atoms with Crippen molar-refractivity contribution in [2.24, 2.45) is 5.92 Å². The fourth-order valence-corrected chi connectivity index (χ4v) is 3.11. The molecule has 1 aliphatic carbocycles. The van der Waals surface area contributed by atoms with Gasteiger partial charge < -0.3 is 14.9 Å². The first-order valence-corrected chi connectivity index (χ1v) is 7.75. The lowest BCUT2D eigenvalue weighted by Gasteiger charge is -2.16. The standard InChI is InChI=1S/C15H19ClN4O2/c1-8-14(16)12(3-4-17-8)18-7-11-5-10(6-13(11)21)15-19-9(2)20-22-15/h3-4,10-11,13,21H,5-7H2,1-2H3,(H,17,18)/t10-,11+,13+/m0/s1. The monoisotopic (exact) mass is 322 g/mol. The van der Waals surface area contributed by atoms with Gasteiger partial charge in [-0.2, -0.15) is 4.98 Å². The number of nitrogens with zero attached hydrogens (tertiary/aromatic N) is 3. The van der Waals surface area contributed by atoms with E-state index in [-0.39, 0.29) is 17.9 Å². The van der Waals surface area contributed by atoms with Crippen molar-refractivity contribution in [3.63, 3.8) is 0 Å². The smallest absolute Gasteiger partial charge is 0.229 e. The molecule has 2 aromatic rings. The lowest BCUT2D eigenvalue weighted by molar-refractivity contribution is 0.137. The fourth-order valence-electron chi connectivity index (χ4n) is 2.93. The van der Waals surface area contributed by atoms with Crippen molar-refractivity contribution >= 4 is 17.3 Å². The van der Waals surface area contributed by atoms with E-state index in [2.05, 4.69) is 20.4 Å². The number of hydrogen-bond acceptors (Lipinski definition) is 6. The molecule has 0 radical (unpaired) electrons. The van der Waals surface area contributed by atoms with E-state index < -0.39 is 0 Å². The SMILES string of the molecule is Cc1noc([C@H]2C[C@H](CNc3ccnc(C)c3Cl)[C@H](O)C2)n1. The Morgan fingerprint density at radius 3 is 2.95 bits per heavy atom. The summed E-state index contributed by atoms with van der Waals surface area (Å²) in [6.07, 6.45) is 2.80. The molecule has 22 heavy (non-hydrogen) atoms. The van der Waals surface area contributed by atoms with Crippen molar-refractivity contribution in [1.29, 1.82) is 0 Å². The summed E-state index contributed by atoms with van der Waals surface area (Å²) in [4.78, 5) is 8.41. The van der Waals surface area contributed by atoms with Crippen LogP contribution in [-0.4, -0.2) is 32.9 Å². The van der Waals surface area contributed by atoms with Crippen molar-refractivity contribution < 1.29 is 9.63 Å². The third-order valence-corrected chi connectivity index (χ3v) is 4.65. The van der Waals surface area contributed by atoms with E-state index in [0.717, 1.165) is 17.8 Å². The lowest BCUT2D eigenvalue weighted by Crippen LogP contribution is -2.22. The predicted octanol–water partition coefficient (Wildman–Crippen LogP) is 2.70. The average molecular weight is 323 g/mol. The fraction of sp³-hybridized carbons (Fsp3) is 0.533. The molecule has 2 heterocycles. The molecule has 118 valence electrons. The summed E-state index contributed by atoms with van der Waals surface area (Å²) < 4.78 is 5.22. The molecular formula is C15H19ClN4O2. The van der Waals surface area contributed by atoms with Crippen LogP contribution in [-0.2, 0) is 0 Å². The maximum absolute atomic E-state index is 10.3. The Balaban J connectivity index is 1.62. The van der Waals surface area contributed by atoms with Gasteiger partial charge in [-0.1, -0.05) is 16.8 Å². The first-order chi connectivity index (χ1) is 10.5. The number of aromatic nitrogens is 3. The van der Waals surface area contributed by atoms with Gasteiger partial charge in [0.1, 0.15) is 0 Å². The van der Waals surface area contributed by atoms with Gasteiger partial charge in [0.2, 0.25) is 5.89 Å². The Labute approximate surface area is 133 Å². The quantitative estimate of drug-likeness (QED) is 0.900. The van der Waals surface area contributed by atoms with Crippen LogP contribution in [0.5, 0.6) is 0 Å². The molecule has 3 rings (SSSR count). The van der Waals surface area contributed by atoms with Gasteiger partial charge in [0, 0.05) is 24.6 Å². The third kappa shape index (κ3) is 3.08. The molecule has 1 fully saturated rings. The van der Waals surface area contributed by atoms with Crippen molar-refractivity contribution in [2.45, 2.75) is 38.7 Å². The number of rotatable bonds is 4. The normalized spacial score (nSPS) is 24.6. The minimum atomic E-state index is -0.383. The third-order valence-electron chi connectivity index (χ3n) is 4.17. The van der Waals surface area contributed by atoms with Crippen LogP contribution in [0, 0.1) is 19.8 Å². The van der Waals surface area contributed by atoms with Gasteiger partial charge in [0.05, 0.1) is 22.5 Å². The second-order valence-electron chi connectivity index (χ2n) is 5.81. The highest BCUT2D eigenvalue weighted by Gasteiger charge is 2.36. The van der Waals surface area contributed by atoms with Gasteiger partial charge in [0.25, 0.3) is 0 Å². The molecule has 0 unspecified atom stereocenters. The van der Waals surface area contributed by atoms with Gasteiger partial charge >= 0.3 is 0 Å². The van der Waals surface area contributed by atoms with E-state index in [0.29, 0.717) is 29.7 Å². The summed E-state index contributed by atoms with van der Waals surface area (Å²) in [5, 5.41) is 18.0. The summed E-state index contributed by atoms with van der Waals surface area (Å²) in [6, 6.07) is 1.84. The second-order valence-corrected chi connectivity index (χ2v) is 6.19. The predicted molar refractivity (Wildman–Crippen MR) is 83.0 cm³/mol. The largest absolute Gasteiger partial charge is 0.393 e. The van der Waals surface area contributed by atoms with E-state index in [4.69, 9.17) is 16.1 Å². The minimum absolute atomic E-state index is 0.123. The topological polar surface area (TPSA) is 84.1 Å². The van der Waals surface area contributed by atoms with Crippen LogP contribution in [0.15, 0.2) is 16.8 Å². The van der Waals surface area contributed by atoms with Gasteiger partial charge in [0.15, 0.2) is 5.82 Å². The number of pyridine rings is 1. The van der Waals surface area contributed by atoms with Crippen molar-refractivity contribution in [1.82, 2.24) is 15.1 Å². The van der Waals surface area contributed by atoms with Crippen LogP contribution in [0.25, 0.3) is 0 Å². The van der Waals surface area contributed by atoms with Crippen molar-refractivity contribution in [3.05, 3.63) is 34.7 Å². The minimum Gasteiger partial charge on any atom is -0.393 e. The Morgan fingerprint density at radius 1 is 1.41 bits per heavy atom. The number of aryl methyl sites for hydroxylation is 2.